The first-order chi connectivity index (χ1) is 11.7. The molecule has 0 aliphatic heterocycles. The lowest BCUT2D eigenvalue weighted by Crippen LogP contribution is -2.20. The molecule has 126 valence electrons. The number of halogens is 1. The fraction of sp³-hybridized carbons (Fsp3) is 0.389. The van der Waals surface area contributed by atoms with Gasteiger partial charge in [0.05, 0.1) is 0 Å². The maximum Gasteiger partial charge on any atom is 0.274 e. The molecular formula is C18H21FN4O. The Balaban J connectivity index is 1.65. The summed E-state index contributed by atoms with van der Waals surface area (Å²) < 4.78 is 12.9. The molecular weight excluding hydrogens is 307 g/mol. The first-order valence-electron chi connectivity index (χ1n) is 8.36. The van der Waals surface area contributed by atoms with Gasteiger partial charge in [-0.2, -0.15) is 0 Å². The molecule has 0 radical (unpaired) electrons. The molecule has 1 aromatic heterocycles. The number of aromatic nitrogens is 2. The molecule has 24 heavy (non-hydrogen) atoms. The minimum atomic E-state index is -0.343. The molecule has 0 spiro atoms. The molecule has 1 aromatic carbocycles. The summed E-state index contributed by atoms with van der Waals surface area (Å²) in [5, 5.41) is 6.11. The van der Waals surface area contributed by atoms with Gasteiger partial charge in [-0.05, 0) is 37.1 Å². The topological polar surface area (TPSA) is 66.9 Å². The van der Waals surface area contributed by atoms with Gasteiger partial charge in [0, 0.05) is 17.8 Å². The van der Waals surface area contributed by atoms with Gasteiger partial charge in [-0.25, -0.2) is 14.4 Å². The number of benzene rings is 1. The summed E-state index contributed by atoms with van der Waals surface area (Å²) in [5.74, 6) is -0.0148. The van der Waals surface area contributed by atoms with Crippen LogP contribution in [-0.2, 0) is 0 Å². The number of nitrogens with zero attached hydrogens (tertiary/aromatic N) is 2. The zero-order chi connectivity index (χ0) is 16.8. The van der Waals surface area contributed by atoms with Crippen molar-refractivity contribution in [1.29, 1.82) is 0 Å². The van der Waals surface area contributed by atoms with Crippen LogP contribution in [0.15, 0.2) is 36.7 Å². The zero-order valence-electron chi connectivity index (χ0n) is 13.5. The fourth-order valence-corrected chi connectivity index (χ4v) is 2.92. The van der Waals surface area contributed by atoms with Crippen molar-refractivity contribution in [1.82, 2.24) is 9.97 Å². The Morgan fingerprint density at radius 3 is 2.46 bits per heavy atom. The average Bonchev–Trinajstić information content (AvgIpc) is 2.86. The second-order valence-electron chi connectivity index (χ2n) is 6.08. The highest BCUT2D eigenvalue weighted by molar-refractivity contribution is 6.03. The van der Waals surface area contributed by atoms with Crippen molar-refractivity contribution in [2.75, 3.05) is 10.6 Å². The monoisotopic (exact) mass is 328 g/mol. The van der Waals surface area contributed by atoms with Gasteiger partial charge in [-0.3, -0.25) is 4.79 Å². The number of hydrogen-bond acceptors (Lipinski definition) is 4. The number of carbonyl (C=O) groups is 1. The lowest BCUT2D eigenvalue weighted by molar-refractivity contribution is 0.102. The van der Waals surface area contributed by atoms with Crippen LogP contribution in [0, 0.1) is 5.82 Å². The predicted octanol–water partition coefficient (Wildman–Crippen LogP) is 4.00. The molecule has 3 rings (SSSR count). The van der Waals surface area contributed by atoms with E-state index in [1.807, 2.05) is 0 Å². The molecule has 0 saturated heterocycles. The van der Waals surface area contributed by atoms with Crippen LogP contribution in [0.3, 0.4) is 0 Å². The molecule has 0 atom stereocenters. The molecule has 1 aliphatic rings. The van der Waals surface area contributed by atoms with Crippen molar-refractivity contribution in [2.45, 2.75) is 44.6 Å². The lowest BCUT2D eigenvalue weighted by atomic mass is 10.1. The highest BCUT2D eigenvalue weighted by atomic mass is 19.1. The normalized spacial score (nSPS) is 15.5. The van der Waals surface area contributed by atoms with Gasteiger partial charge in [-0.1, -0.05) is 25.7 Å². The fourth-order valence-electron chi connectivity index (χ4n) is 2.92. The molecule has 1 heterocycles. The third-order valence-corrected chi connectivity index (χ3v) is 4.21. The van der Waals surface area contributed by atoms with E-state index >= 15 is 0 Å². The van der Waals surface area contributed by atoms with Gasteiger partial charge in [0.2, 0.25) is 0 Å². The summed E-state index contributed by atoms with van der Waals surface area (Å²) in [6.07, 6.45) is 8.66. The Morgan fingerprint density at radius 2 is 1.75 bits per heavy atom. The second-order valence-corrected chi connectivity index (χ2v) is 6.08. The first-order valence-corrected chi connectivity index (χ1v) is 8.36. The summed E-state index contributed by atoms with van der Waals surface area (Å²) in [4.78, 5) is 20.5. The van der Waals surface area contributed by atoms with Gasteiger partial charge >= 0.3 is 0 Å². The highest BCUT2D eigenvalue weighted by Crippen LogP contribution is 2.20. The minimum Gasteiger partial charge on any atom is -0.367 e. The number of amides is 1. The molecule has 1 fully saturated rings. The summed E-state index contributed by atoms with van der Waals surface area (Å²) in [5.41, 5.74) is 0.809. The Morgan fingerprint density at radius 1 is 1.04 bits per heavy atom. The van der Waals surface area contributed by atoms with Crippen LogP contribution in [0.4, 0.5) is 15.9 Å². The van der Waals surface area contributed by atoms with Crippen molar-refractivity contribution >= 4 is 17.4 Å². The van der Waals surface area contributed by atoms with Gasteiger partial charge < -0.3 is 10.6 Å². The minimum absolute atomic E-state index is 0.283. The zero-order valence-corrected chi connectivity index (χ0v) is 13.5. The standard InChI is InChI=1S/C18H21FN4O/c19-13-7-9-15(10-8-13)23-18(24)16-11-17(21-12-20-16)22-14-5-3-1-2-4-6-14/h7-12,14H,1-6H2,(H,23,24)(H,20,21,22). The Kier molecular flexibility index (Phi) is 5.36. The highest BCUT2D eigenvalue weighted by Gasteiger charge is 2.14. The maximum absolute atomic E-state index is 12.9. The summed E-state index contributed by atoms with van der Waals surface area (Å²) in [7, 11) is 0. The van der Waals surface area contributed by atoms with E-state index in [4.69, 9.17) is 0 Å². The molecule has 1 saturated carbocycles. The Hall–Kier alpha value is -2.50. The number of carbonyl (C=O) groups excluding carboxylic acids is 1. The van der Waals surface area contributed by atoms with Crippen molar-refractivity contribution in [3.63, 3.8) is 0 Å². The summed E-state index contributed by atoms with van der Waals surface area (Å²) in [6, 6.07) is 7.68. The van der Waals surface area contributed by atoms with E-state index in [1.54, 1.807) is 6.07 Å². The van der Waals surface area contributed by atoms with Crippen LogP contribution < -0.4 is 10.6 Å². The third-order valence-electron chi connectivity index (χ3n) is 4.21. The van der Waals surface area contributed by atoms with Crippen molar-refractivity contribution in [2.24, 2.45) is 0 Å². The van der Waals surface area contributed by atoms with E-state index in [2.05, 4.69) is 20.6 Å². The van der Waals surface area contributed by atoms with Crippen molar-refractivity contribution in [3.8, 4) is 0 Å². The van der Waals surface area contributed by atoms with Crippen LogP contribution >= 0.6 is 0 Å². The van der Waals surface area contributed by atoms with Crippen molar-refractivity contribution < 1.29 is 9.18 Å². The quantitative estimate of drug-likeness (QED) is 0.833. The van der Waals surface area contributed by atoms with Crippen LogP contribution in [-0.4, -0.2) is 21.9 Å². The van der Waals surface area contributed by atoms with Crippen LogP contribution in [0.1, 0.15) is 49.0 Å². The first kappa shape index (κ1) is 16.4. The molecule has 5 nitrogen and oxygen atoms in total. The van der Waals surface area contributed by atoms with Gasteiger partial charge in [0.1, 0.15) is 23.7 Å². The predicted molar refractivity (Wildman–Crippen MR) is 91.5 cm³/mol. The molecule has 1 amide bonds. The molecule has 0 unspecified atom stereocenters. The van der Waals surface area contributed by atoms with Crippen LogP contribution in [0.5, 0.6) is 0 Å². The molecule has 2 N–H and O–H groups in total. The van der Waals surface area contributed by atoms with E-state index in [1.165, 1.54) is 56.3 Å². The SMILES string of the molecule is O=C(Nc1ccc(F)cc1)c1cc(NC2CCCCCC2)ncn1. The van der Waals surface area contributed by atoms with Gasteiger partial charge in [-0.15, -0.1) is 0 Å². The average molecular weight is 328 g/mol. The summed E-state index contributed by atoms with van der Waals surface area (Å²) >= 11 is 0. The van der Waals surface area contributed by atoms with Gasteiger partial charge in [0.25, 0.3) is 5.91 Å². The van der Waals surface area contributed by atoms with Crippen molar-refractivity contribution in [3.05, 3.63) is 48.2 Å². The third kappa shape index (κ3) is 4.50. The molecule has 0 bridgehead atoms. The summed E-state index contributed by atoms with van der Waals surface area (Å²) in [6.45, 7) is 0. The largest absolute Gasteiger partial charge is 0.367 e. The Bertz CT molecular complexity index is 682. The van der Waals surface area contributed by atoms with Gasteiger partial charge in [0.15, 0.2) is 0 Å². The smallest absolute Gasteiger partial charge is 0.274 e. The Labute approximate surface area is 140 Å². The molecule has 2 aromatic rings. The molecule has 1 aliphatic carbocycles. The van der Waals surface area contributed by atoms with E-state index < -0.39 is 0 Å². The lowest BCUT2D eigenvalue weighted by Gasteiger charge is -2.16. The number of anilines is 2. The van der Waals surface area contributed by atoms with Crippen LogP contribution in [0.25, 0.3) is 0 Å². The number of nitrogens with one attached hydrogen (secondary N) is 2. The number of hydrogen-bond donors (Lipinski definition) is 2. The second kappa shape index (κ2) is 7.86. The maximum atomic E-state index is 12.9. The van der Waals surface area contributed by atoms with E-state index in [-0.39, 0.29) is 17.4 Å². The van der Waals surface area contributed by atoms with E-state index in [0.29, 0.717) is 17.5 Å². The van der Waals surface area contributed by atoms with Crippen LogP contribution in [0.2, 0.25) is 0 Å². The van der Waals surface area contributed by atoms with E-state index in [9.17, 15) is 9.18 Å². The molecule has 6 heteroatoms. The number of rotatable bonds is 4. The van der Waals surface area contributed by atoms with E-state index in [0.717, 1.165) is 12.8 Å².